The van der Waals surface area contributed by atoms with Crippen molar-refractivity contribution in [2.45, 2.75) is 83.8 Å². The number of hydrogen-bond donors (Lipinski definition) is 1. The van der Waals surface area contributed by atoms with Gasteiger partial charge in [0.1, 0.15) is 0 Å². The Bertz CT molecular complexity index is 315. The molecule has 1 saturated carbocycles. The number of unbranched alkanes of at least 4 members (excludes halogenated alkanes) is 2. The first-order chi connectivity index (χ1) is 11.8. The second-order valence-electron chi connectivity index (χ2n) is 7.61. The van der Waals surface area contributed by atoms with Crippen molar-refractivity contribution in [3.8, 4) is 0 Å². The predicted molar refractivity (Wildman–Crippen MR) is 103 cm³/mol. The Labute approximate surface area is 155 Å². The van der Waals surface area contributed by atoms with Gasteiger partial charge in [0.05, 0.1) is 13.2 Å². The van der Waals surface area contributed by atoms with Gasteiger partial charge in [0, 0.05) is 19.8 Å². The highest BCUT2D eigenvalue weighted by molar-refractivity contribution is 5.62. The van der Waals surface area contributed by atoms with Crippen molar-refractivity contribution < 1.29 is 19.4 Å². The molecule has 2 aliphatic rings. The lowest BCUT2D eigenvalue weighted by molar-refractivity contribution is -0.170. The van der Waals surface area contributed by atoms with E-state index in [2.05, 4.69) is 6.92 Å². The van der Waals surface area contributed by atoms with Gasteiger partial charge in [-0.2, -0.15) is 0 Å². The quantitative estimate of drug-likeness (QED) is 0.676. The number of hydrogen-bond acceptors (Lipinski definition) is 4. The third-order valence-corrected chi connectivity index (χ3v) is 4.38. The first kappa shape index (κ1) is 24.4. The molecule has 2 rings (SSSR count). The number of carboxylic acid groups (broad SMARTS) is 1. The van der Waals surface area contributed by atoms with Gasteiger partial charge in [-0.05, 0) is 39.9 Å². The largest absolute Gasteiger partial charge is 0.481 e. The monoisotopic (exact) mass is 359 g/mol. The van der Waals surface area contributed by atoms with Crippen LogP contribution in [-0.4, -0.2) is 56.1 Å². The number of nitrogens with zero attached hydrogens (tertiary/aromatic N) is 1. The Kier molecular flexibility index (Phi) is 14.1. The zero-order valence-electron chi connectivity index (χ0n) is 17.2. The molecule has 1 saturated heterocycles. The molecule has 1 aliphatic carbocycles. The molecular weight excluding hydrogens is 318 g/mol. The zero-order chi connectivity index (χ0) is 19.1. The van der Waals surface area contributed by atoms with E-state index in [4.69, 9.17) is 19.4 Å². The highest BCUT2D eigenvalue weighted by atomic mass is 16.7. The standard InChI is InChI=1S/C15H28O2.C3H9N.C2H4O2/c1-2-3-6-10-15(16-12-13-17-15)11-9-14-7-4-5-8-14;1-4(2)3;1-2(3)4/h14H,2-13H2,1H3;1-3H3;1H3,(H,3,4). The van der Waals surface area contributed by atoms with Crippen LogP contribution < -0.4 is 0 Å². The average Bonchev–Trinajstić information content (AvgIpc) is 3.16. The topological polar surface area (TPSA) is 59.0 Å². The number of carbonyl (C=O) groups is 1. The second kappa shape index (κ2) is 14.5. The summed E-state index contributed by atoms with van der Waals surface area (Å²) in [6.07, 6.45) is 13.1. The third kappa shape index (κ3) is 14.2. The molecule has 25 heavy (non-hydrogen) atoms. The van der Waals surface area contributed by atoms with Crippen LogP contribution in [0.2, 0.25) is 0 Å². The van der Waals surface area contributed by atoms with E-state index >= 15 is 0 Å². The maximum Gasteiger partial charge on any atom is 0.300 e. The highest BCUT2D eigenvalue weighted by Crippen LogP contribution is 2.36. The van der Waals surface area contributed by atoms with Crippen LogP contribution in [0.3, 0.4) is 0 Å². The molecule has 150 valence electrons. The first-order valence-corrected chi connectivity index (χ1v) is 9.89. The fourth-order valence-electron chi connectivity index (χ4n) is 3.28. The summed E-state index contributed by atoms with van der Waals surface area (Å²) in [6, 6.07) is 0. The fraction of sp³-hybridized carbons (Fsp3) is 0.950. The summed E-state index contributed by atoms with van der Waals surface area (Å²) in [6.45, 7) is 4.94. The van der Waals surface area contributed by atoms with Crippen LogP contribution in [0.25, 0.3) is 0 Å². The Morgan fingerprint density at radius 3 is 2.00 bits per heavy atom. The van der Waals surface area contributed by atoms with Gasteiger partial charge in [-0.3, -0.25) is 4.79 Å². The molecule has 5 heteroatoms. The summed E-state index contributed by atoms with van der Waals surface area (Å²) in [5, 5.41) is 7.42. The lowest BCUT2D eigenvalue weighted by Crippen LogP contribution is -2.30. The van der Waals surface area contributed by atoms with Gasteiger partial charge in [-0.25, -0.2) is 0 Å². The molecule has 5 nitrogen and oxygen atoms in total. The molecule has 0 atom stereocenters. The van der Waals surface area contributed by atoms with Crippen molar-refractivity contribution in [2.24, 2.45) is 5.92 Å². The number of aliphatic carboxylic acids is 1. The lowest BCUT2D eigenvalue weighted by atomic mass is 9.95. The van der Waals surface area contributed by atoms with Gasteiger partial charge < -0.3 is 19.5 Å². The Balaban J connectivity index is 0.000000609. The van der Waals surface area contributed by atoms with E-state index in [0.29, 0.717) is 0 Å². The molecule has 1 aliphatic heterocycles. The van der Waals surface area contributed by atoms with E-state index in [0.717, 1.165) is 38.9 Å². The number of carboxylic acids is 1. The molecule has 1 N–H and O–H groups in total. The van der Waals surface area contributed by atoms with Crippen LogP contribution in [0, 0.1) is 5.92 Å². The molecule has 0 spiro atoms. The zero-order valence-corrected chi connectivity index (χ0v) is 17.2. The van der Waals surface area contributed by atoms with E-state index < -0.39 is 5.97 Å². The summed E-state index contributed by atoms with van der Waals surface area (Å²) in [5.41, 5.74) is 0. The molecule has 0 radical (unpaired) electrons. The summed E-state index contributed by atoms with van der Waals surface area (Å²) in [4.78, 5) is 11.0. The minimum absolute atomic E-state index is 0.197. The third-order valence-electron chi connectivity index (χ3n) is 4.38. The van der Waals surface area contributed by atoms with Gasteiger partial charge in [0.25, 0.3) is 5.97 Å². The number of rotatable bonds is 7. The Morgan fingerprint density at radius 1 is 1.08 bits per heavy atom. The Morgan fingerprint density at radius 2 is 1.56 bits per heavy atom. The van der Waals surface area contributed by atoms with E-state index in [1.807, 2.05) is 26.0 Å². The minimum atomic E-state index is -0.833. The predicted octanol–water partition coefficient (Wildman–Crippen LogP) is 4.55. The van der Waals surface area contributed by atoms with E-state index in [-0.39, 0.29) is 5.79 Å². The molecule has 0 bridgehead atoms. The van der Waals surface area contributed by atoms with Crippen LogP contribution in [0.15, 0.2) is 0 Å². The molecule has 0 amide bonds. The van der Waals surface area contributed by atoms with Gasteiger partial charge in [0.15, 0.2) is 5.79 Å². The lowest BCUT2D eigenvalue weighted by Gasteiger charge is -2.28. The molecule has 0 aromatic rings. The fourth-order valence-corrected chi connectivity index (χ4v) is 3.28. The van der Waals surface area contributed by atoms with E-state index in [1.165, 1.54) is 51.4 Å². The Hall–Kier alpha value is -0.650. The van der Waals surface area contributed by atoms with Crippen molar-refractivity contribution >= 4 is 5.97 Å². The smallest absolute Gasteiger partial charge is 0.300 e. The van der Waals surface area contributed by atoms with Crippen molar-refractivity contribution in [3.05, 3.63) is 0 Å². The normalized spacial score (nSPS) is 19.1. The van der Waals surface area contributed by atoms with Gasteiger partial charge in [-0.1, -0.05) is 45.4 Å². The molecule has 0 unspecified atom stereocenters. The van der Waals surface area contributed by atoms with Gasteiger partial charge in [-0.15, -0.1) is 0 Å². The van der Waals surface area contributed by atoms with Crippen LogP contribution >= 0.6 is 0 Å². The number of ether oxygens (including phenoxy) is 2. The second-order valence-corrected chi connectivity index (χ2v) is 7.61. The summed E-state index contributed by atoms with van der Waals surface area (Å²) >= 11 is 0. The molecule has 1 heterocycles. The molecule has 0 aromatic carbocycles. The van der Waals surface area contributed by atoms with Crippen LogP contribution in [-0.2, 0) is 14.3 Å². The molecule has 0 aromatic heterocycles. The van der Waals surface area contributed by atoms with Crippen LogP contribution in [0.4, 0.5) is 0 Å². The van der Waals surface area contributed by atoms with Crippen LogP contribution in [0.1, 0.15) is 78.1 Å². The minimum Gasteiger partial charge on any atom is -0.481 e. The van der Waals surface area contributed by atoms with Crippen molar-refractivity contribution in [1.82, 2.24) is 4.90 Å². The van der Waals surface area contributed by atoms with Gasteiger partial charge >= 0.3 is 0 Å². The maximum atomic E-state index is 9.00. The highest BCUT2D eigenvalue weighted by Gasteiger charge is 2.36. The maximum absolute atomic E-state index is 9.00. The average molecular weight is 360 g/mol. The van der Waals surface area contributed by atoms with Crippen molar-refractivity contribution in [3.63, 3.8) is 0 Å². The van der Waals surface area contributed by atoms with E-state index in [1.54, 1.807) is 0 Å². The first-order valence-electron chi connectivity index (χ1n) is 9.89. The summed E-state index contributed by atoms with van der Waals surface area (Å²) in [7, 11) is 6.00. The summed E-state index contributed by atoms with van der Waals surface area (Å²) < 4.78 is 11.8. The van der Waals surface area contributed by atoms with Crippen LogP contribution in [0.5, 0.6) is 0 Å². The van der Waals surface area contributed by atoms with Crippen molar-refractivity contribution in [1.29, 1.82) is 0 Å². The SMILES string of the molecule is CC(=O)O.CCCCCC1(CCC2CCCC2)OCCO1.CN(C)C. The van der Waals surface area contributed by atoms with Gasteiger partial charge in [0.2, 0.25) is 0 Å². The van der Waals surface area contributed by atoms with E-state index in [9.17, 15) is 0 Å². The molecule has 2 fully saturated rings. The molecular formula is C20H41NO4. The van der Waals surface area contributed by atoms with Crippen molar-refractivity contribution in [2.75, 3.05) is 34.4 Å². The summed E-state index contributed by atoms with van der Waals surface area (Å²) in [5.74, 6) is -0.0801.